The van der Waals surface area contributed by atoms with Crippen molar-refractivity contribution in [2.75, 3.05) is 11.3 Å². The largest absolute Gasteiger partial charge is 0.475 e. The van der Waals surface area contributed by atoms with E-state index in [0.717, 1.165) is 35.1 Å². The lowest BCUT2D eigenvalue weighted by Crippen LogP contribution is -2.44. The number of allylic oxidation sites excluding steroid dienone is 1. The monoisotopic (exact) mass is 664 g/mol. The SMILES string of the molecule is C=C(C)c1cc2nc(CN3C(=O)c4cccc(c4)S(=O)(=O)Nc4nc(cc(-c5c(C)cccc5C)n4)OC[C@H]3CC3(C)CC3)cnc2o1. The van der Waals surface area contributed by atoms with Crippen LogP contribution in [0, 0.1) is 19.3 Å². The van der Waals surface area contributed by atoms with Crippen molar-refractivity contribution in [1.29, 1.82) is 0 Å². The first-order valence-electron chi connectivity index (χ1n) is 15.8. The van der Waals surface area contributed by atoms with Gasteiger partial charge >= 0.3 is 0 Å². The number of sulfonamides is 1. The Morgan fingerprint density at radius 1 is 1.06 bits per heavy atom. The number of amides is 1. The molecular formula is C36H36N6O5S. The maximum Gasteiger partial charge on any atom is 0.264 e. The first-order chi connectivity index (χ1) is 22.9. The Bertz CT molecular complexity index is 2190. The molecule has 7 rings (SSSR count). The van der Waals surface area contributed by atoms with E-state index in [0.29, 0.717) is 34.8 Å². The molecule has 1 N–H and O–H groups in total. The highest BCUT2D eigenvalue weighted by atomic mass is 32.2. The number of nitrogens with zero attached hydrogens (tertiary/aromatic N) is 5. The average molecular weight is 665 g/mol. The molecule has 5 aromatic rings. The molecule has 48 heavy (non-hydrogen) atoms. The molecule has 0 radical (unpaired) electrons. The van der Waals surface area contributed by atoms with Crippen LogP contribution >= 0.6 is 0 Å². The van der Waals surface area contributed by atoms with Crippen molar-refractivity contribution in [3.63, 3.8) is 0 Å². The van der Waals surface area contributed by atoms with Crippen LogP contribution in [0.2, 0.25) is 0 Å². The van der Waals surface area contributed by atoms with Crippen LogP contribution < -0.4 is 9.46 Å². The Morgan fingerprint density at radius 2 is 1.81 bits per heavy atom. The Labute approximate surface area is 279 Å². The second-order valence-electron chi connectivity index (χ2n) is 13.2. The molecule has 0 saturated heterocycles. The van der Waals surface area contributed by atoms with E-state index in [2.05, 4.69) is 33.2 Å². The zero-order valence-corrected chi connectivity index (χ0v) is 28.1. The lowest BCUT2D eigenvalue weighted by molar-refractivity contribution is 0.0537. The number of benzene rings is 2. The summed E-state index contributed by atoms with van der Waals surface area (Å²) in [6, 6.07) is 15.0. The summed E-state index contributed by atoms with van der Waals surface area (Å²) >= 11 is 0. The third-order valence-corrected chi connectivity index (χ3v) is 10.4. The fourth-order valence-electron chi connectivity index (χ4n) is 6.15. The quantitative estimate of drug-likeness (QED) is 0.209. The Morgan fingerprint density at radius 3 is 2.54 bits per heavy atom. The van der Waals surface area contributed by atoms with Crippen molar-refractivity contribution < 1.29 is 22.4 Å². The van der Waals surface area contributed by atoms with E-state index >= 15 is 0 Å². The minimum atomic E-state index is -4.18. The van der Waals surface area contributed by atoms with Gasteiger partial charge in [0, 0.05) is 23.3 Å². The molecule has 1 amide bonds. The summed E-state index contributed by atoms with van der Waals surface area (Å²) in [6.07, 6.45) is 4.32. The molecule has 11 nitrogen and oxygen atoms in total. The number of rotatable bonds is 6. The molecule has 2 aliphatic rings. The van der Waals surface area contributed by atoms with Crippen LogP contribution in [0.1, 0.15) is 66.0 Å². The molecule has 4 bridgehead atoms. The summed E-state index contributed by atoms with van der Waals surface area (Å²) in [4.78, 5) is 34.4. The van der Waals surface area contributed by atoms with Crippen molar-refractivity contribution in [2.45, 2.75) is 64.4 Å². The minimum absolute atomic E-state index is 0.0318. The summed E-state index contributed by atoms with van der Waals surface area (Å²) in [5, 5.41) is 0. The van der Waals surface area contributed by atoms with Gasteiger partial charge in [0.15, 0.2) is 0 Å². The van der Waals surface area contributed by atoms with Gasteiger partial charge in [-0.25, -0.2) is 28.1 Å². The van der Waals surface area contributed by atoms with Crippen LogP contribution in [-0.2, 0) is 16.6 Å². The van der Waals surface area contributed by atoms with E-state index in [4.69, 9.17) is 14.1 Å². The highest BCUT2D eigenvalue weighted by Crippen LogP contribution is 2.49. The molecule has 246 valence electrons. The maximum atomic E-state index is 14.5. The van der Waals surface area contributed by atoms with Gasteiger partial charge in [-0.1, -0.05) is 37.8 Å². The molecule has 3 aromatic heterocycles. The van der Waals surface area contributed by atoms with Gasteiger partial charge in [0.05, 0.1) is 35.1 Å². The fraction of sp³-hybridized carbons (Fsp3) is 0.306. The Hall–Kier alpha value is -5.10. The lowest BCUT2D eigenvalue weighted by Gasteiger charge is -2.33. The normalized spacial score (nSPS) is 18.2. The van der Waals surface area contributed by atoms with Crippen molar-refractivity contribution in [3.8, 4) is 17.1 Å². The van der Waals surface area contributed by atoms with Gasteiger partial charge in [-0.15, -0.1) is 0 Å². The highest BCUT2D eigenvalue weighted by molar-refractivity contribution is 7.92. The fourth-order valence-corrected chi connectivity index (χ4v) is 7.14. The van der Waals surface area contributed by atoms with Crippen molar-refractivity contribution in [2.24, 2.45) is 5.41 Å². The molecule has 0 spiro atoms. The number of carbonyl (C=O) groups is 1. The highest BCUT2D eigenvalue weighted by Gasteiger charge is 2.42. The van der Waals surface area contributed by atoms with Crippen molar-refractivity contribution >= 4 is 38.7 Å². The third kappa shape index (κ3) is 6.27. The molecule has 0 unspecified atom stereocenters. The summed E-state index contributed by atoms with van der Waals surface area (Å²) in [5.74, 6) is 0.303. The Kier molecular flexibility index (Phi) is 7.78. The van der Waals surface area contributed by atoms with Crippen LogP contribution in [0.4, 0.5) is 5.95 Å². The summed E-state index contributed by atoms with van der Waals surface area (Å²) < 4.78 is 42.0. The molecule has 1 saturated carbocycles. The van der Waals surface area contributed by atoms with E-state index < -0.39 is 16.1 Å². The summed E-state index contributed by atoms with van der Waals surface area (Å²) in [5.41, 5.74) is 5.80. The second-order valence-corrected chi connectivity index (χ2v) is 14.9. The van der Waals surface area contributed by atoms with E-state index in [-0.39, 0.29) is 46.8 Å². The number of nitrogens with one attached hydrogen (secondary N) is 1. The lowest BCUT2D eigenvalue weighted by atomic mass is 9.97. The zero-order valence-electron chi connectivity index (χ0n) is 27.3. The van der Waals surface area contributed by atoms with Gasteiger partial charge in [-0.3, -0.25) is 4.79 Å². The number of ether oxygens (including phenoxy) is 1. The van der Waals surface area contributed by atoms with Crippen LogP contribution in [0.3, 0.4) is 0 Å². The van der Waals surface area contributed by atoms with E-state index in [1.54, 1.807) is 35.4 Å². The molecule has 1 aliphatic carbocycles. The minimum Gasteiger partial charge on any atom is -0.475 e. The van der Waals surface area contributed by atoms with Gasteiger partial charge in [0.25, 0.3) is 15.9 Å². The second kappa shape index (κ2) is 11.9. The summed E-state index contributed by atoms with van der Waals surface area (Å²) in [7, 11) is -4.18. The number of anilines is 1. The Balaban J connectivity index is 1.35. The number of furan rings is 1. The van der Waals surface area contributed by atoms with Crippen LogP contribution in [0.5, 0.6) is 5.88 Å². The van der Waals surface area contributed by atoms with E-state index in [1.807, 2.05) is 39.0 Å². The molecular weight excluding hydrogens is 629 g/mol. The van der Waals surface area contributed by atoms with Gasteiger partial charge in [-0.2, -0.15) is 4.98 Å². The number of hydrogen-bond acceptors (Lipinski definition) is 9. The molecule has 1 fully saturated rings. The maximum absolute atomic E-state index is 14.5. The van der Waals surface area contributed by atoms with Crippen molar-refractivity contribution in [1.82, 2.24) is 24.8 Å². The first-order valence-corrected chi connectivity index (χ1v) is 17.3. The van der Waals surface area contributed by atoms with Crippen molar-refractivity contribution in [3.05, 3.63) is 95.5 Å². The number of hydrogen-bond donors (Lipinski definition) is 1. The van der Waals surface area contributed by atoms with Crippen LogP contribution in [0.15, 0.2) is 76.7 Å². The first kappa shape index (κ1) is 31.5. The van der Waals surface area contributed by atoms with Gasteiger partial charge < -0.3 is 14.1 Å². The predicted molar refractivity (Wildman–Crippen MR) is 182 cm³/mol. The zero-order chi connectivity index (χ0) is 33.8. The summed E-state index contributed by atoms with van der Waals surface area (Å²) in [6.45, 7) is 12.2. The molecule has 2 aromatic carbocycles. The van der Waals surface area contributed by atoms with Crippen LogP contribution in [0.25, 0.3) is 28.1 Å². The predicted octanol–water partition coefficient (Wildman–Crippen LogP) is 6.72. The van der Waals surface area contributed by atoms with E-state index in [1.165, 1.54) is 12.1 Å². The van der Waals surface area contributed by atoms with Gasteiger partial charge in [0.2, 0.25) is 17.5 Å². The number of carbonyl (C=O) groups excluding carboxylic acids is 1. The number of fused-ring (bicyclic) bond motifs is 5. The molecule has 1 aliphatic heterocycles. The average Bonchev–Trinajstić information content (AvgIpc) is 3.61. The number of aryl methyl sites for hydroxylation is 2. The van der Waals surface area contributed by atoms with Crippen LogP contribution in [-0.4, -0.2) is 51.8 Å². The van der Waals surface area contributed by atoms with Gasteiger partial charge in [-0.05, 0) is 80.3 Å². The molecule has 12 heteroatoms. The standard InChI is InChI=1S/C36H36N6O5S/c1-21(2)30-15-29-33(47-30)37-18-25(38-29)19-42-26(17-36(5)12-13-36)20-46-31-16-28(32-22(3)8-6-9-23(32)4)39-35(40-31)41-48(44,45)27-11-7-10-24(14-27)34(42)43/h6-11,14-16,18,26H,1,12-13,17,19-20H2,2-5H3,(H,39,40,41)/t26-/m1/s1. The topological polar surface area (TPSA) is 140 Å². The van der Waals surface area contributed by atoms with Gasteiger partial charge in [0.1, 0.15) is 17.9 Å². The number of aromatic nitrogens is 4. The molecule has 1 atom stereocenters. The third-order valence-electron chi connectivity index (χ3n) is 9.06. The van der Waals surface area contributed by atoms with E-state index in [9.17, 15) is 13.2 Å². The molecule has 4 heterocycles. The smallest absolute Gasteiger partial charge is 0.264 e.